The van der Waals surface area contributed by atoms with Crippen LogP contribution in [0, 0.1) is 29.8 Å². The molecule has 2 nitrogen and oxygen atoms in total. The molecule has 0 saturated heterocycles. The van der Waals surface area contributed by atoms with Gasteiger partial charge in [-0.1, -0.05) is 67.2 Å². The van der Waals surface area contributed by atoms with Crippen LogP contribution >= 0.6 is 0 Å². The van der Waals surface area contributed by atoms with E-state index in [-0.39, 0.29) is 6.10 Å². The second kappa shape index (κ2) is 10.1. The summed E-state index contributed by atoms with van der Waals surface area (Å²) in [5.74, 6) is 1.34. The van der Waals surface area contributed by atoms with Gasteiger partial charge in [-0.05, 0) is 36.5 Å². The summed E-state index contributed by atoms with van der Waals surface area (Å²) >= 11 is 0. The Morgan fingerprint density at radius 3 is 2.15 bits per heavy atom. The van der Waals surface area contributed by atoms with Crippen molar-refractivity contribution < 1.29 is 9.78 Å². The fourth-order valence-electron chi connectivity index (χ4n) is 4.05. The number of hydrogen-bond acceptors (Lipinski definition) is 2. The summed E-state index contributed by atoms with van der Waals surface area (Å²) in [4.78, 5) is 10.1. The van der Waals surface area contributed by atoms with Crippen LogP contribution in [0.3, 0.4) is 0 Å². The molecule has 0 aromatic rings. The molecule has 0 aliphatic heterocycles. The standard InChI is InChI=1S/C14H22O2.2C2H6/c1-4-15-16-12-8-6-10-14(3)9-5-7-11(2)13(12)14;2*1-2/h1,11-13H,5-10H2,2-3H3;2*1-2H3. The number of terminal acetylenes is 1. The molecule has 2 saturated carbocycles. The van der Waals surface area contributed by atoms with Crippen LogP contribution in [0.5, 0.6) is 0 Å². The lowest BCUT2D eigenvalue weighted by atomic mass is 9.56. The highest BCUT2D eigenvalue weighted by atomic mass is 17.2. The Labute approximate surface area is 126 Å². The Balaban J connectivity index is 0.000000829. The van der Waals surface area contributed by atoms with Crippen molar-refractivity contribution in [3.63, 3.8) is 0 Å². The Morgan fingerprint density at radius 2 is 1.60 bits per heavy atom. The minimum absolute atomic E-state index is 0.199. The van der Waals surface area contributed by atoms with Gasteiger partial charge in [0.1, 0.15) is 6.10 Å². The lowest BCUT2D eigenvalue weighted by Crippen LogP contribution is -2.47. The van der Waals surface area contributed by atoms with Gasteiger partial charge in [0.2, 0.25) is 0 Å². The molecule has 2 fully saturated rings. The fourth-order valence-corrected chi connectivity index (χ4v) is 4.05. The molecule has 4 unspecified atom stereocenters. The summed E-state index contributed by atoms with van der Waals surface area (Å²) < 4.78 is 0. The van der Waals surface area contributed by atoms with Crippen LogP contribution in [0.1, 0.15) is 80.1 Å². The van der Waals surface area contributed by atoms with Crippen LogP contribution in [0.25, 0.3) is 0 Å². The first kappa shape index (κ1) is 19.3. The van der Waals surface area contributed by atoms with E-state index in [4.69, 9.17) is 16.2 Å². The van der Waals surface area contributed by atoms with Gasteiger partial charge in [-0.3, -0.25) is 4.89 Å². The van der Waals surface area contributed by atoms with E-state index in [1.165, 1.54) is 32.1 Å². The Morgan fingerprint density at radius 1 is 1.05 bits per heavy atom. The van der Waals surface area contributed by atoms with E-state index in [9.17, 15) is 0 Å². The van der Waals surface area contributed by atoms with Crippen LogP contribution in [0.15, 0.2) is 0 Å². The van der Waals surface area contributed by atoms with Crippen LogP contribution in [0.2, 0.25) is 0 Å². The molecule has 0 bridgehead atoms. The van der Waals surface area contributed by atoms with Crippen molar-refractivity contribution in [1.82, 2.24) is 0 Å². The minimum Gasteiger partial charge on any atom is -0.282 e. The van der Waals surface area contributed by atoms with Gasteiger partial charge in [0.15, 0.2) is 6.11 Å². The van der Waals surface area contributed by atoms with Crippen LogP contribution in [-0.4, -0.2) is 6.10 Å². The first-order valence-electron chi connectivity index (χ1n) is 8.45. The molecule has 20 heavy (non-hydrogen) atoms. The molecule has 0 amide bonds. The number of fused-ring (bicyclic) bond motifs is 1. The maximum absolute atomic E-state index is 5.40. The molecular formula is C18H34O2. The first-order valence-corrected chi connectivity index (χ1v) is 8.45. The van der Waals surface area contributed by atoms with Gasteiger partial charge in [-0.25, -0.2) is 0 Å². The third kappa shape index (κ3) is 4.70. The van der Waals surface area contributed by atoms with Crippen molar-refractivity contribution in [1.29, 1.82) is 0 Å². The Hall–Kier alpha value is -0.680. The van der Waals surface area contributed by atoms with Crippen LogP contribution in [-0.2, 0) is 9.78 Å². The highest BCUT2D eigenvalue weighted by Gasteiger charge is 2.47. The summed E-state index contributed by atoms with van der Waals surface area (Å²) in [7, 11) is 0. The molecule has 118 valence electrons. The lowest BCUT2D eigenvalue weighted by Gasteiger charge is -2.51. The van der Waals surface area contributed by atoms with Crippen molar-refractivity contribution in [3.05, 3.63) is 0 Å². The smallest absolute Gasteiger partial charge is 0.153 e. The molecule has 0 aromatic heterocycles. The fraction of sp³-hybridized carbons (Fsp3) is 0.889. The molecule has 2 heteroatoms. The molecule has 0 spiro atoms. The monoisotopic (exact) mass is 282 g/mol. The summed E-state index contributed by atoms with van der Waals surface area (Å²) in [5, 5.41) is 0. The molecule has 2 rings (SSSR count). The zero-order valence-electron chi connectivity index (χ0n) is 14.4. The van der Waals surface area contributed by atoms with Gasteiger partial charge in [0, 0.05) is 0 Å². The van der Waals surface area contributed by atoms with E-state index in [0.29, 0.717) is 11.3 Å². The van der Waals surface area contributed by atoms with Gasteiger partial charge in [0.05, 0.1) is 0 Å². The molecule has 2 aliphatic rings. The average molecular weight is 282 g/mol. The van der Waals surface area contributed by atoms with Crippen LogP contribution in [0.4, 0.5) is 0 Å². The predicted molar refractivity (Wildman–Crippen MR) is 86.0 cm³/mol. The third-order valence-corrected chi connectivity index (χ3v) is 4.68. The van der Waals surface area contributed by atoms with Crippen molar-refractivity contribution in [2.45, 2.75) is 86.2 Å². The maximum Gasteiger partial charge on any atom is 0.153 e. The second-order valence-corrected chi connectivity index (χ2v) is 5.78. The van der Waals surface area contributed by atoms with E-state index in [2.05, 4.69) is 20.0 Å². The molecule has 0 N–H and O–H groups in total. The topological polar surface area (TPSA) is 18.5 Å². The average Bonchev–Trinajstić information content (AvgIpc) is 2.48. The van der Waals surface area contributed by atoms with E-state index in [0.717, 1.165) is 12.3 Å². The highest BCUT2D eigenvalue weighted by Crippen LogP contribution is 2.53. The summed E-state index contributed by atoms with van der Waals surface area (Å²) in [5.41, 5.74) is 0.443. The van der Waals surface area contributed by atoms with E-state index in [1.54, 1.807) is 0 Å². The lowest BCUT2D eigenvalue weighted by molar-refractivity contribution is -0.306. The third-order valence-electron chi connectivity index (χ3n) is 4.68. The molecular weight excluding hydrogens is 248 g/mol. The number of hydrogen-bond donors (Lipinski definition) is 0. The normalized spacial score (nSPS) is 35.1. The van der Waals surface area contributed by atoms with Crippen LogP contribution < -0.4 is 0 Å². The highest BCUT2D eigenvalue weighted by molar-refractivity contribution is 4.96. The zero-order chi connectivity index (χ0) is 15.6. The molecule has 4 atom stereocenters. The minimum atomic E-state index is 0.199. The zero-order valence-corrected chi connectivity index (χ0v) is 14.4. The number of rotatable bonds is 2. The second-order valence-electron chi connectivity index (χ2n) is 5.78. The summed E-state index contributed by atoms with van der Waals surface area (Å²) in [6, 6.07) is 0. The quantitative estimate of drug-likeness (QED) is 0.374. The van der Waals surface area contributed by atoms with Crippen molar-refractivity contribution >= 4 is 0 Å². The molecule has 0 radical (unpaired) electrons. The maximum atomic E-state index is 5.40. The summed E-state index contributed by atoms with van der Waals surface area (Å²) in [6.45, 7) is 12.8. The first-order chi connectivity index (χ1) is 9.67. The largest absolute Gasteiger partial charge is 0.282 e. The van der Waals surface area contributed by atoms with Gasteiger partial charge < -0.3 is 0 Å². The summed E-state index contributed by atoms with van der Waals surface area (Å²) in [6.07, 6.45) is 15.1. The molecule has 0 heterocycles. The van der Waals surface area contributed by atoms with E-state index < -0.39 is 0 Å². The van der Waals surface area contributed by atoms with E-state index in [1.807, 2.05) is 27.7 Å². The Bertz CT molecular complexity index is 278. The van der Waals surface area contributed by atoms with Gasteiger partial charge in [0.25, 0.3) is 0 Å². The molecule has 0 aromatic carbocycles. The molecule has 2 aliphatic carbocycles. The van der Waals surface area contributed by atoms with Crippen molar-refractivity contribution in [2.24, 2.45) is 17.3 Å². The van der Waals surface area contributed by atoms with Crippen molar-refractivity contribution in [3.8, 4) is 12.5 Å². The SMILES string of the molecule is C#COOC1CCCC2(C)CCCC(C)C12.CC.CC. The van der Waals surface area contributed by atoms with Crippen molar-refractivity contribution in [2.75, 3.05) is 0 Å². The van der Waals surface area contributed by atoms with E-state index >= 15 is 0 Å². The van der Waals surface area contributed by atoms with Gasteiger partial charge in [-0.15, -0.1) is 0 Å². The predicted octanol–water partition coefficient (Wildman–Crippen LogP) is 5.57. The Kier molecular flexibility index (Phi) is 9.76. The van der Waals surface area contributed by atoms with Gasteiger partial charge in [-0.2, -0.15) is 4.89 Å². The van der Waals surface area contributed by atoms with Gasteiger partial charge >= 0.3 is 0 Å².